The van der Waals surface area contributed by atoms with Crippen LogP contribution in [0.5, 0.6) is 0 Å². The summed E-state index contributed by atoms with van der Waals surface area (Å²) in [6.07, 6.45) is 7.36. The van der Waals surface area contributed by atoms with Crippen molar-refractivity contribution in [3.63, 3.8) is 0 Å². The van der Waals surface area contributed by atoms with Gasteiger partial charge in [-0.25, -0.2) is 0 Å². The molecule has 7 nitrogen and oxygen atoms in total. The summed E-state index contributed by atoms with van der Waals surface area (Å²) in [5, 5.41) is 9.83. The van der Waals surface area contributed by atoms with E-state index in [2.05, 4.69) is 41.2 Å². The first kappa shape index (κ1) is 29.0. The van der Waals surface area contributed by atoms with Crippen molar-refractivity contribution < 1.29 is 14.3 Å². The van der Waals surface area contributed by atoms with E-state index in [4.69, 9.17) is 15.2 Å². The van der Waals surface area contributed by atoms with Crippen LogP contribution in [-0.2, 0) is 14.3 Å². The van der Waals surface area contributed by atoms with Crippen LogP contribution in [0, 0.1) is 0 Å². The molecule has 0 aliphatic carbocycles. The molecule has 29 heavy (non-hydrogen) atoms. The van der Waals surface area contributed by atoms with Gasteiger partial charge in [0.2, 0.25) is 5.91 Å². The van der Waals surface area contributed by atoms with Gasteiger partial charge in [-0.05, 0) is 69.7 Å². The van der Waals surface area contributed by atoms with Crippen LogP contribution in [0.1, 0.15) is 44.9 Å². The van der Waals surface area contributed by atoms with E-state index in [0.717, 1.165) is 69.7 Å². The lowest BCUT2D eigenvalue weighted by Crippen LogP contribution is -2.45. The van der Waals surface area contributed by atoms with Gasteiger partial charge >= 0.3 is 0 Å². The van der Waals surface area contributed by atoms with Gasteiger partial charge < -0.3 is 31.2 Å². The fourth-order valence-electron chi connectivity index (χ4n) is 2.70. The van der Waals surface area contributed by atoms with Crippen molar-refractivity contribution in [3.8, 4) is 0 Å². The molecule has 0 saturated heterocycles. The second-order valence-corrected chi connectivity index (χ2v) is 7.81. The number of hydrogen-bond donors (Lipinski definition) is 6. The molecule has 0 spiro atoms. The van der Waals surface area contributed by atoms with E-state index in [1.807, 2.05) is 0 Å². The lowest BCUT2D eigenvalue weighted by atomic mass is 10.1. The Kier molecular flexibility index (Phi) is 24.2. The van der Waals surface area contributed by atoms with Gasteiger partial charge in [0.25, 0.3) is 0 Å². The van der Waals surface area contributed by atoms with E-state index in [1.165, 1.54) is 6.42 Å². The average molecular weight is 453 g/mol. The van der Waals surface area contributed by atoms with Crippen LogP contribution >= 0.6 is 25.3 Å². The highest BCUT2D eigenvalue weighted by molar-refractivity contribution is 7.80. The van der Waals surface area contributed by atoms with Crippen LogP contribution in [0.25, 0.3) is 0 Å². The number of ether oxygens (including phenoxy) is 2. The maximum Gasteiger partial charge on any atom is 0.237 e. The first-order valence-corrected chi connectivity index (χ1v) is 12.3. The largest absolute Gasteiger partial charge is 0.378 e. The number of hydrogen-bond acceptors (Lipinski definition) is 8. The molecular weight excluding hydrogens is 408 g/mol. The van der Waals surface area contributed by atoms with Crippen LogP contribution in [0.4, 0.5) is 0 Å². The zero-order valence-electron chi connectivity index (χ0n) is 18.0. The summed E-state index contributed by atoms with van der Waals surface area (Å²) < 4.78 is 10.7. The van der Waals surface area contributed by atoms with E-state index in [0.29, 0.717) is 39.5 Å². The minimum atomic E-state index is -0.146. The molecule has 0 saturated carbocycles. The minimum Gasteiger partial charge on any atom is -0.378 e. The van der Waals surface area contributed by atoms with Gasteiger partial charge in [-0.2, -0.15) is 25.3 Å². The molecule has 0 bridgehead atoms. The Morgan fingerprint density at radius 1 is 0.793 bits per heavy atom. The number of carbonyl (C=O) groups is 1. The quantitative estimate of drug-likeness (QED) is 0.103. The zero-order chi connectivity index (χ0) is 21.4. The lowest BCUT2D eigenvalue weighted by molar-refractivity contribution is -0.123. The van der Waals surface area contributed by atoms with Crippen LogP contribution in [0.15, 0.2) is 0 Å². The molecule has 9 heteroatoms. The van der Waals surface area contributed by atoms with Gasteiger partial charge in [0, 0.05) is 13.1 Å². The van der Waals surface area contributed by atoms with Gasteiger partial charge in [-0.3, -0.25) is 4.79 Å². The third kappa shape index (κ3) is 21.0. The second-order valence-electron chi connectivity index (χ2n) is 6.92. The van der Waals surface area contributed by atoms with Crippen LogP contribution < -0.4 is 21.7 Å². The SMILES string of the molecule is NCCOCCOCCNC(=O)C(CCCCNCCCCS)NCCCCS. The average Bonchev–Trinajstić information content (AvgIpc) is 2.73. The lowest BCUT2D eigenvalue weighted by Gasteiger charge is -2.18. The summed E-state index contributed by atoms with van der Waals surface area (Å²) in [6, 6.07) is -0.146. The van der Waals surface area contributed by atoms with Crippen LogP contribution in [-0.4, -0.2) is 82.6 Å². The van der Waals surface area contributed by atoms with E-state index < -0.39 is 0 Å². The minimum absolute atomic E-state index is 0.0561. The molecule has 0 aromatic carbocycles. The Bertz CT molecular complexity index is 356. The van der Waals surface area contributed by atoms with Gasteiger partial charge in [0.15, 0.2) is 0 Å². The normalized spacial score (nSPS) is 12.2. The highest BCUT2D eigenvalue weighted by Gasteiger charge is 2.16. The summed E-state index contributed by atoms with van der Waals surface area (Å²) >= 11 is 8.46. The highest BCUT2D eigenvalue weighted by Crippen LogP contribution is 2.02. The monoisotopic (exact) mass is 452 g/mol. The molecule has 0 aliphatic rings. The van der Waals surface area contributed by atoms with E-state index in [-0.39, 0.29) is 11.9 Å². The molecule has 1 unspecified atom stereocenters. The van der Waals surface area contributed by atoms with Crippen molar-refractivity contribution in [2.75, 3.05) is 70.7 Å². The first-order valence-electron chi connectivity index (χ1n) is 11.0. The molecule has 0 fully saturated rings. The molecule has 0 aromatic heterocycles. The van der Waals surface area contributed by atoms with E-state index in [1.54, 1.807) is 0 Å². The number of amides is 1. The predicted molar refractivity (Wildman–Crippen MR) is 128 cm³/mol. The molecule has 0 radical (unpaired) electrons. The molecule has 0 rings (SSSR count). The van der Waals surface area contributed by atoms with Crippen LogP contribution in [0.2, 0.25) is 0 Å². The Labute approximate surface area is 188 Å². The third-order valence-electron chi connectivity index (χ3n) is 4.33. The van der Waals surface area contributed by atoms with Gasteiger partial charge in [-0.15, -0.1) is 0 Å². The van der Waals surface area contributed by atoms with Crippen molar-refractivity contribution in [2.24, 2.45) is 5.73 Å². The topological polar surface area (TPSA) is 97.6 Å². The Morgan fingerprint density at radius 3 is 2.07 bits per heavy atom. The van der Waals surface area contributed by atoms with Crippen LogP contribution in [0.3, 0.4) is 0 Å². The van der Waals surface area contributed by atoms with Gasteiger partial charge in [0.1, 0.15) is 0 Å². The predicted octanol–water partition coefficient (Wildman–Crippen LogP) is 1.23. The number of thiol groups is 2. The number of rotatable bonds is 23. The van der Waals surface area contributed by atoms with Crippen molar-refractivity contribution in [1.82, 2.24) is 16.0 Å². The molecule has 0 aromatic rings. The fraction of sp³-hybridized carbons (Fsp3) is 0.950. The van der Waals surface area contributed by atoms with Crippen molar-refractivity contribution >= 4 is 31.2 Å². The molecule has 1 amide bonds. The third-order valence-corrected chi connectivity index (χ3v) is 4.96. The van der Waals surface area contributed by atoms with Gasteiger partial charge in [0.05, 0.1) is 32.5 Å². The summed E-state index contributed by atoms with van der Waals surface area (Å²) in [5.74, 6) is 1.88. The first-order chi connectivity index (χ1) is 14.3. The fourth-order valence-corrected chi connectivity index (χ4v) is 3.15. The highest BCUT2D eigenvalue weighted by atomic mass is 32.1. The molecule has 5 N–H and O–H groups in total. The van der Waals surface area contributed by atoms with Gasteiger partial charge in [-0.1, -0.05) is 6.42 Å². The summed E-state index contributed by atoms with van der Waals surface area (Å²) in [7, 11) is 0. The van der Waals surface area contributed by atoms with E-state index >= 15 is 0 Å². The zero-order valence-corrected chi connectivity index (χ0v) is 19.8. The smallest absolute Gasteiger partial charge is 0.237 e. The molecule has 174 valence electrons. The second kappa shape index (κ2) is 24.2. The summed E-state index contributed by atoms with van der Waals surface area (Å²) in [5.41, 5.74) is 5.35. The summed E-state index contributed by atoms with van der Waals surface area (Å²) in [4.78, 5) is 12.5. The summed E-state index contributed by atoms with van der Waals surface area (Å²) in [6.45, 7) is 6.00. The molecular formula is C20H44N4O3S2. The van der Waals surface area contributed by atoms with Crippen molar-refractivity contribution in [2.45, 2.75) is 51.0 Å². The van der Waals surface area contributed by atoms with E-state index in [9.17, 15) is 4.79 Å². The maximum absolute atomic E-state index is 12.5. The molecule has 1 atom stereocenters. The van der Waals surface area contributed by atoms with Crippen molar-refractivity contribution in [3.05, 3.63) is 0 Å². The molecule has 0 heterocycles. The maximum atomic E-state index is 12.5. The number of carbonyl (C=O) groups excluding carboxylic acids is 1. The number of nitrogens with two attached hydrogens (primary N) is 1. The number of unbranched alkanes of at least 4 members (excludes halogenated alkanes) is 3. The Balaban J connectivity index is 3.93. The Morgan fingerprint density at radius 2 is 1.41 bits per heavy atom. The van der Waals surface area contributed by atoms with Crippen molar-refractivity contribution in [1.29, 1.82) is 0 Å². The molecule has 0 aliphatic heterocycles. The number of nitrogens with one attached hydrogen (secondary N) is 3. The standard InChI is InChI=1S/C20H44N4O3S2/c21-8-13-26-15-16-27-14-12-24-20(25)19(23-11-4-6-18-29)7-1-2-9-22-10-3-5-17-28/h19,22-23,28-29H,1-18,21H2,(H,24,25). The Hall–Kier alpha value is -0.0300.